The van der Waals surface area contributed by atoms with Gasteiger partial charge in [-0.3, -0.25) is 4.79 Å². The van der Waals surface area contributed by atoms with Crippen LogP contribution in [0.5, 0.6) is 5.88 Å². The summed E-state index contributed by atoms with van der Waals surface area (Å²) in [6, 6.07) is 3.58. The van der Waals surface area contributed by atoms with E-state index in [0.29, 0.717) is 24.6 Å². The Balaban J connectivity index is 2.39. The number of nitrogens with zero attached hydrogens (tertiary/aromatic N) is 1. The van der Waals surface area contributed by atoms with Crippen LogP contribution in [0, 0.1) is 0 Å². The molecule has 5 N–H and O–H groups in total. The van der Waals surface area contributed by atoms with Crippen LogP contribution in [0.1, 0.15) is 32.6 Å². The van der Waals surface area contributed by atoms with Gasteiger partial charge in [0.1, 0.15) is 5.82 Å². The van der Waals surface area contributed by atoms with Crippen molar-refractivity contribution >= 4 is 17.4 Å². The number of carbonyl (C=O) groups is 1. The van der Waals surface area contributed by atoms with Gasteiger partial charge in [-0.05, 0) is 31.4 Å². The fourth-order valence-corrected chi connectivity index (χ4v) is 1.50. The third-order valence-electron chi connectivity index (χ3n) is 2.49. The first-order chi connectivity index (χ1) is 9.13. The smallest absolute Gasteiger partial charge is 0.239 e. The molecule has 0 fully saturated rings. The number of nitrogen functional groups attached to an aromatic ring is 1. The average molecular weight is 266 g/mol. The molecule has 0 radical (unpaired) electrons. The molecule has 0 atom stereocenters. The van der Waals surface area contributed by atoms with Gasteiger partial charge in [0, 0.05) is 13.0 Å². The van der Waals surface area contributed by atoms with Gasteiger partial charge in [-0.15, -0.1) is 0 Å². The van der Waals surface area contributed by atoms with Gasteiger partial charge in [0.25, 0.3) is 0 Å². The van der Waals surface area contributed by atoms with E-state index < -0.39 is 0 Å². The first-order valence-electron chi connectivity index (χ1n) is 6.55. The second-order valence-corrected chi connectivity index (χ2v) is 4.29. The van der Waals surface area contributed by atoms with Gasteiger partial charge in [-0.1, -0.05) is 6.92 Å². The lowest BCUT2D eigenvalue weighted by Gasteiger charge is -2.10. The number of amides is 1. The maximum Gasteiger partial charge on any atom is 0.239 e. The van der Waals surface area contributed by atoms with Crippen molar-refractivity contribution in [3.63, 3.8) is 0 Å². The molecule has 0 aliphatic heterocycles. The Labute approximate surface area is 113 Å². The summed E-state index contributed by atoms with van der Waals surface area (Å²) in [5, 5.41) is 3.16. The number of unbranched alkanes of at least 4 members (excludes halogenated alkanes) is 1. The number of primary amides is 1. The highest BCUT2D eigenvalue weighted by atomic mass is 16.5. The van der Waals surface area contributed by atoms with E-state index in [9.17, 15) is 4.79 Å². The van der Waals surface area contributed by atoms with Crippen LogP contribution in [0.4, 0.5) is 11.5 Å². The summed E-state index contributed by atoms with van der Waals surface area (Å²) in [5.74, 6) is 0.921. The fourth-order valence-electron chi connectivity index (χ4n) is 1.50. The van der Waals surface area contributed by atoms with Crippen LogP contribution in [0.2, 0.25) is 0 Å². The molecule has 0 bridgehead atoms. The second kappa shape index (κ2) is 8.18. The number of anilines is 2. The lowest BCUT2D eigenvalue weighted by atomic mass is 10.2. The topological polar surface area (TPSA) is 103 Å². The molecule has 6 nitrogen and oxygen atoms in total. The van der Waals surface area contributed by atoms with Crippen molar-refractivity contribution < 1.29 is 9.53 Å². The maximum atomic E-state index is 10.6. The van der Waals surface area contributed by atoms with Gasteiger partial charge in [-0.25, -0.2) is 0 Å². The number of pyridine rings is 1. The lowest BCUT2D eigenvalue weighted by molar-refractivity contribution is -0.118. The quantitative estimate of drug-likeness (QED) is 0.588. The van der Waals surface area contributed by atoms with Crippen LogP contribution < -0.4 is 21.5 Å². The van der Waals surface area contributed by atoms with Gasteiger partial charge in [-0.2, -0.15) is 4.98 Å². The van der Waals surface area contributed by atoms with Crippen molar-refractivity contribution in [3.8, 4) is 5.88 Å². The summed E-state index contributed by atoms with van der Waals surface area (Å²) < 4.78 is 5.45. The van der Waals surface area contributed by atoms with Crippen LogP contribution in [0.3, 0.4) is 0 Å². The average Bonchev–Trinajstić information content (AvgIpc) is 2.38. The summed E-state index contributed by atoms with van der Waals surface area (Å²) in [4.78, 5) is 14.9. The van der Waals surface area contributed by atoms with E-state index in [0.717, 1.165) is 31.6 Å². The Morgan fingerprint density at radius 3 is 2.89 bits per heavy atom. The van der Waals surface area contributed by atoms with Gasteiger partial charge in [0.05, 0.1) is 12.3 Å². The summed E-state index contributed by atoms with van der Waals surface area (Å²) in [6.07, 6.45) is 2.96. The predicted octanol–water partition coefficient (Wildman–Crippen LogP) is 1.52. The van der Waals surface area contributed by atoms with Gasteiger partial charge < -0.3 is 21.5 Å². The molecule has 1 aromatic heterocycles. The molecule has 0 aliphatic carbocycles. The molecule has 1 amide bonds. The van der Waals surface area contributed by atoms with Gasteiger partial charge in [0.2, 0.25) is 11.8 Å². The van der Waals surface area contributed by atoms with Crippen molar-refractivity contribution in [1.29, 1.82) is 0 Å². The van der Waals surface area contributed by atoms with Gasteiger partial charge >= 0.3 is 0 Å². The SMILES string of the molecule is CCCOc1nc(NCCCCC(N)=O)ccc1N. The minimum Gasteiger partial charge on any atom is -0.476 e. The van der Waals surface area contributed by atoms with Gasteiger partial charge in [0.15, 0.2) is 0 Å². The molecule has 106 valence electrons. The number of rotatable bonds is 9. The summed E-state index contributed by atoms with van der Waals surface area (Å²) in [7, 11) is 0. The highest BCUT2D eigenvalue weighted by Crippen LogP contribution is 2.20. The van der Waals surface area contributed by atoms with Crippen LogP contribution >= 0.6 is 0 Å². The first-order valence-corrected chi connectivity index (χ1v) is 6.55. The molecular weight excluding hydrogens is 244 g/mol. The molecular formula is C13H22N4O2. The Kier molecular flexibility index (Phi) is 6.49. The monoisotopic (exact) mass is 266 g/mol. The highest BCUT2D eigenvalue weighted by molar-refractivity contribution is 5.73. The van der Waals surface area contributed by atoms with E-state index in [4.69, 9.17) is 16.2 Å². The normalized spacial score (nSPS) is 10.2. The van der Waals surface area contributed by atoms with Crippen molar-refractivity contribution in [3.05, 3.63) is 12.1 Å². The summed E-state index contributed by atoms with van der Waals surface area (Å²) >= 11 is 0. The van der Waals surface area contributed by atoms with Crippen molar-refractivity contribution in [2.75, 3.05) is 24.2 Å². The third kappa shape index (κ3) is 5.94. The highest BCUT2D eigenvalue weighted by Gasteiger charge is 2.03. The standard InChI is InChI=1S/C13H22N4O2/c1-2-9-19-13-10(14)6-7-12(17-13)16-8-4-3-5-11(15)18/h6-7H,2-5,8-9,14H2,1H3,(H2,15,18)(H,16,17). The molecule has 0 aromatic carbocycles. The zero-order valence-electron chi connectivity index (χ0n) is 11.3. The number of aromatic nitrogens is 1. The van der Waals surface area contributed by atoms with Crippen molar-refractivity contribution in [2.45, 2.75) is 32.6 Å². The predicted molar refractivity (Wildman–Crippen MR) is 76.0 cm³/mol. The van der Waals surface area contributed by atoms with E-state index >= 15 is 0 Å². The largest absolute Gasteiger partial charge is 0.476 e. The molecule has 0 spiro atoms. The van der Waals surface area contributed by atoms with Crippen molar-refractivity contribution in [2.24, 2.45) is 5.73 Å². The molecule has 6 heteroatoms. The zero-order valence-corrected chi connectivity index (χ0v) is 11.3. The number of carbonyl (C=O) groups excluding carboxylic acids is 1. The molecule has 1 rings (SSSR count). The number of hydrogen-bond acceptors (Lipinski definition) is 5. The minimum absolute atomic E-state index is 0.263. The summed E-state index contributed by atoms with van der Waals surface area (Å²) in [5.41, 5.74) is 11.4. The molecule has 0 saturated carbocycles. The van der Waals surface area contributed by atoms with Crippen LogP contribution in [-0.4, -0.2) is 24.0 Å². The number of hydrogen-bond donors (Lipinski definition) is 3. The lowest BCUT2D eigenvalue weighted by Crippen LogP contribution is -2.11. The molecule has 19 heavy (non-hydrogen) atoms. The molecule has 0 unspecified atom stereocenters. The van der Waals surface area contributed by atoms with Crippen LogP contribution in [0.15, 0.2) is 12.1 Å². The molecule has 0 aliphatic rings. The van der Waals surface area contributed by atoms with E-state index in [1.54, 1.807) is 6.07 Å². The Hall–Kier alpha value is -1.98. The number of nitrogens with two attached hydrogens (primary N) is 2. The molecule has 1 heterocycles. The zero-order chi connectivity index (χ0) is 14.1. The number of ether oxygens (including phenoxy) is 1. The van der Waals surface area contributed by atoms with Crippen LogP contribution in [-0.2, 0) is 4.79 Å². The Morgan fingerprint density at radius 1 is 1.42 bits per heavy atom. The Morgan fingerprint density at radius 2 is 2.21 bits per heavy atom. The number of nitrogens with one attached hydrogen (secondary N) is 1. The van der Waals surface area contributed by atoms with E-state index in [-0.39, 0.29) is 5.91 Å². The summed E-state index contributed by atoms with van der Waals surface area (Å²) in [6.45, 7) is 3.35. The van der Waals surface area contributed by atoms with E-state index in [1.165, 1.54) is 0 Å². The minimum atomic E-state index is -0.263. The second-order valence-electron chi connectivity index (χ2n) is 4.29. The molecule has 0 saturated heterocycles. The third-order valence-corrected chi connectivity index (χ3v) is 2.49. The van der Waals surface area contributed by atoms with Crippen LogP contribution in [0.25, 0.3) is 0 Å². The van der Waals surface area contributed by atoms with E-state index in [1.807, 2.05) is 13.0 Å². The fraction of sp³-hybridized carbons (Fsp3) is 0.538. The maximum absolute atomic E-state index is 10.6. The Bertz CT molecular complexity index is 410. The van der Waals surface area contributed by atoms with E-state index in [2.05, 4.69) is 10.3 Å². The first kappa shape index (κ1) is 15.1. The molecule has 1 aromatic rings. The van der Waals surface area contributed by atoms with Crippen molar-refractivity contribution in [1.82, 2.24) is 4.98 Å².